The van der Waals surface area contributed by atoms with Crippen molar-refractivity contribution < 1.29 is 9.59 Å². The fourth-order valence-electron chi connectivity index (χ4n) is 1.84. The summed E-state index contributed by atoms with van der Waals surface area (Å²) in [5, 5.41) is 8.78. The molecule has 1 aromatic rings. The van der Waals surface area contributed by atoms with Crippen LogP contribution in [0.1, 0.15) is 44.0 Å². The van der Waals surface area contributed by atoms with Crippen LogP contribution >= 0.6 is 12.2 Å². The Labute approximate surface area is 135 Å². The van der Waals surface area contributed by atoms with Crippen molar-refractivity contribution in [3.05, 3.63) is 29.8 Å². The van der Waals surface area contributed by atoms with E-state index < -0.39 is 0 Å². The summed E-state index contributed by atoms with van der Waals surface area (Å²) in [6.45, 7) is 5.80. The molecule has 1 aromatic carbocycles. The number of nitrogens with one attached hydrogen (secondary N) is 3. The normalized spacial score (nSPS) is 14.1. The molecule has 22 heavy (non-hydrogen) atoms. The van der Waals surface area contributed by atoms with Crippen LogP contribution in [-0.2, 0) is 4.79 Å². The van der Waals surface area contributed by atoms with E-state index in [-0.39, 0.29) is 28.4 Å². The van der Waals surface area contributed by atoms with E-state index in [1.807, 2.05) is 20.8 Å². The number of anilines is 1. The molecule has 2 rings (SSSR count). The molecule has 0 saturated heterocycles. The molecule has 1 aliphatic carbocycles. The Hall–Kier alpha value is -1.95. The molecule has 6 heteroatoms. The number of amides is 2. The average Bonchev–Trinajstić information content (AvgIpc) is 3.21. The van der Waals surface area contributed by atoms with Crippen molar-refractivity contribution in [3.8, 4) is 0 Å². The predicted octanol–water partition coefficient (Wildman–Crippen LogP) is 2.44. The molecule has 0 radical (unpaired) electrons. The van der Waals surface area contributed by atoms with E-state index in [9.17, 15) is 9.59 Å². The highest BCUT2D eigenvalue weighted by Crippen LogP contribution is 2.28. The van der Waals surface area contributed by atoms with Gasteiger partial charge < -0.3 is 16.0 Å². The van der Waals surface area contributed by atoms with Crippen molar-refractivity contribution in [2.75, 3.05) is 5.32 Å². The van der Waals surface area contributed by atoms with E-state index in [0.29, 0.717) is 5.56 Å². The van der Waals surface area contributed by atoms with Crippen molar-refractivity contribution in [2.45, 2.75) is 39.2 Å². The molecule has 1 fully saturated rings. The zero-order valence-corrected chi connectivity index (χ0v) is 13.8. The average molecular weight is 319 g/mol. The van der Waals surface area contributed by atoms with Crippen LogP contribution in [0.15, 0.2) is 24.3 Å². The Morgan fingerprint density at radius 2 is 1.73 bits per heavy atom. The first-order valence-electron chi connectivity index (χ1n) is 7.29. The second-order valence-electron chi connectivity index (χ2n) is 6.50. The minimum absolute atomic E-state index is 0.0290. The fraction of sp³-hybridized carbons (Fsp3) is 0.438. The second-order valence-corrected chi connectivity index (χ2v) is 6.91. The summed E-state index contributed by atoms with van der Waals surface area (Å²) >= 11 is 5.09. The monoisotopic (exact) mass is 319 g/mol. The van der Waals surface area contributed by atoms with Crippen LogP contribution in [0.4, 0.5) is 5.69 Å². The van der Waals surface area contributed by atoms with Gasteiger partial charge in [0.25, 0.3) is 5.91 Å². The van der Waals surface area contributed by atoms with Crippen LogP contribution in [0.2, 0.25) is 0 Å². The van der Waals surface area contributed by atoms with Gasteiger partial charge in [0, 0.05) is 22.7 Å². The summed E-state index contributed by atoms with van der Waals surface area (Å²) in [6.07, 6.45) is 1.87. The van der Waals surface area contributed by atoms with Crippen LogP contribution in [0.5, 0.6) is 0 Å². The number of benzene rings is 1. The van der Waals surface area contributed by atoms with E-state index in [1.165, 1.54) is 0 Å². The smallest absolute Gasteiger partial charge is 0.251 e. The molecule has 118 valence electrons. The summed E-state index contributed by atoms with van der Waals surface area (Å²) < 4.78 is 0. The highest BCUT2D eigenvalue weighted by Gasteiger charge is 2.30. The van der Waals surface area contributed by atoms with Crippen molar-refractivity contribution >= 4 is 34.8 Å². The maximum Gasteiger partial charge on any atom is 0.251 e. The molecule has 1 aliphatic rings. The maximum atomic E-state index is 12.0. The van der Waals surface area contributed by atoms with Crippen molar-refractivity contribution in [3.63, 3.8) is 0 Å². The first-order valence-corrected chi connectivity index (χ1v) is 7.70. The van der Waals surface area contributed by atoms with Gasteiger partial charge in [0.05, 0.1) is 0 Å². The molecule has 2 amide bonds. The van der Waals surface area contributed by atoms with Crippen LogP contribution in [-0.4, -0.2) is 22.5 Å². The molecule has 0 spiro atoms. The van der Waals surface area contributed by atoms with Gasteiger partial charge in [0.15, 0.2) is 5.11 Å². The first kappa shape index (κ1) is 16.4. The molecule has 3 N–H and O–H groups in total. The highest BCUT2D eigenvalue weighted by atomic mass is 32.1. The van der Waals surface area contributed by atoms with Gasteiger partial charge in [-0.2, -0.15) is 0 Å². The summed E-state index contributed by atoms with van der Waals surface area (Å²) in [5.74, 6) is -0.0365. The fourth-order valence-corrected chi connectivity index (χ4v) is 2.06. The van der Waals surface area contributed by atoms with Gasteiger partial charge in [-0.3, -0.25) is 9.59 Å². The third kappa shape index (κ3) is 5.11. The predicted molar refractivity (Wildman–Crippen MR) is 90.7 cm³/mol. The number of thiocarbonyl (C=S) groups is 1. The van der Waals surface area contributed by atoms with Crippen molar-refractivity contribution in [1.82, 2.24) is 10.6 Å². The third-order valence-electron chi connectivity index (χ3n) is 3.08. The third-order valence-corrected chi connectivity index (χ3v) is 3.28. The van der Waals surface area contributed by atoms with Gasteiger partial charge in [-0.25, -0.2) is 0 Å². The number of hydrogen-bond acceptors (Lipinski definition) is 3. The quantitative estimate of drug-likeness (QED) is 0.749. The Kier molecular flexibility index (Phi) is 4.81. The Bertz CT molecular complexity index is 586. The number of carbonyl (C=O) groups is 2. The van der Waals surface area contributed by atoms with Crippen LogP contribution in [0.3, 0.4) is 0 Å². The molecular weight excluding hydrogens is 298 g/mol. The summed E-state index contributed by atoms with van der Waals surface area (Å²) in [5.41, 5.74) is 1.03. The molecule has 0 aromatic heterocycles. The van der Waals surface area contributed by atoms with Gasteiger partial charge in [-0.1, -0.05) is 0 Å². The Morgan fingerprint density at radius 3 is 2.23 bits per heavy atom. The lowest BCUT2D eigenvalue weighted by molar-refractivity contribution is -0.120. The minimum atomic E-state index is -0.275. The van der Waals surface area contributed by atoms with Crippen LogP contribution < -0.4 is 16.0 Å². The summed E-state index contributed by atoms with van der Waals surface area (Å²) in [7, 11) is 0. The molecule has 5 nitrogen and oxygen atoms in total. The largest absolute Gasteiger partial charge is 0.347 e. The molecule has 1 saturated carbocycles. The summed E-state index contributed by atoms with van der Waals surface area (Å²) in [6, 6.07) is 6.95. The first-order chi connectivity index (χ1) is 10.2. The van der Waals surface area contributed by atoms with Gasteiger partial charge in [0.1, 0.15) is 0 Å². The molecule has 0 atom stereocenters. The Balaban J connectivity index is 1.89. The number of rotatable bonds is 3. The van der Waals surface area contributed by atoms with Crippen molar-refractivity contribution in [2.24, 2.45) is 5.92 Å². The van der Waals surface area contributed by atoms with E-state index >= 15 is 0 Å². The SMILES string of the molecule is CC(C)(C)NC(=O)c1ccc(NC(=S)NC(=O)C2CC2)cc1. The Morgan fingerprint density at radius 1 is 1.14 bits per heavy atom. The lowest BCUT2D eigenvalue weighted by atomic mass is 10.1. The van der Waals surface area contributed by atoms with Crippen molar-refractivity contribution in [1.29, 1.82) is 0 Å². The van der Waals surface area contributed by atoms with Crippen LogP contribution in [0.25, 0.3) is 0 Å². The molecule has 0 bridgehead atoms. The van der Waals surface area contributed by atoms with Gasteiger partial charge in [-0.15, -0.1) is 0 Å². The lowest BCUT2D eigenvalue weighted by Crippen LogP contribution is -2.40. The number of hydrogen-bond donors (Lipinski definition) is 3. The molecule has 0 heterocycles. The summed E-state index contributed by atoms with van der Waals surface area (Å²) in [4.78, 5) is 23.6. The zero-order chi connectivity index (χ0) is 16.3. The minimum Gasteiger partial charge on any atom is -0.347 e. The van der Waals surface area contributed by atoms with Gasteiger partial charge >= 0.3 is 0 Å². The van der Waals surface area contributed by atoms with E-state index in [4.69, 9.17) is 12.2 Å². The van der Waals surface area contributed by atoms with E-state index in [0.717, 1.165) is 18.5 Å². The molecule has 0 aliphatic heterocycles. The van der Waals surface area contributed by atoms with Gasteiger partial charge in [0.2, 0.25) is 5.91 Å². The molecule has 0 unspecified atom stereocenters. The highest BCUT2D eigenvalue weighted by molar-refractivity contribution is 7.80. The van der Waals surface area contributed by atoms with Crippen LogP contribution in [0, 0.1) is 5.92 Å². The number of carbonyl (C=O) groups excluding carboxylic acids is 2. The lowest BCUT2D eigenvalue weighted by Gasteiger charge is -2.20. The van der Waals surface area contributed by atoms with E-state index in [1.54, 1.807) is 24.3 Å². The van der Waals surface area contributed by atoms with Gasteiger partial charge in [-0.05, 0) is 70.1 Å². The molecular formula is C16H21N3O2S. The standard InChI is InChI=1S/C16H21N3O2S/c1-16(2,3)19-14(21)11-6-8-12(9-7-11)17-15(22)18-13(20)10-4-5-10/h6-10H,4-5H2,1-3H3,(H,19,21)(H2,17,18,20,22). The van der Waals surface area contributed by atoms with E-state index in [2.05, 4.69) is 16.0 Å². The maximum absolute atomic E-state index is 12.0. The topological polar surface area (TPSA) is 70.2 Å². The zero-order valence-electron chi connectivity index (χ0n) is 13.0. The second kappa shape index (κ2) is 6.44.